The van der Waals surface area contributed by atoms with Crippen molar-refractivity contribution in [3.8, 4) is 0 Å². The van der Waals surface area contributed by atoms with Crippen LogP contribution in [0.5, 0.6) is 0 Å². The van der Waals surface area contributed by atoms with Crippen molar-refractivity contribution in [2.75, 3.05) is 19.6 Å². The van der Waals surface area contributed by atoms with Crippen molar-refractivity contribution in [1.82, 2.24) is 9.80 Å². The summed E-state index contributed by atoms with van der Waals surface area (Å²) in [6.07, 6.45) is 0.992. The molecule has 1 aromatic carbocycles. The summed E-state index contributed by atoms with van der Waals surface area (Å²) in [5.41, 5.74) is 0.327. The predicted octanol–water partition coefficient (Wildman–Crippen LogP) is 3.42. The SMILES string of the molecule is CC[C@@H]1CN(C(=O)c2cc(F)cc(Cl)c2)CCN1C(C)C. The molecule has 1 amide bonds. The van der Waals surface area contributed by atoms with Crippen LogP contribution in [0.1, 0.15) is 37.6 Å². The molecular formula is C16H22ClFN2O. The van der Waals surface area contributed by atoms with Gasteiger partial charge < -0.3 is 4.90 Å². The number of rotatable bonds is 3. The van der Waals surface area contributed by atoms with Gasteiger partial charge in [0.1, 0.15) is 5.82 Å². The normalized spacial score (nSPS) is 20.1. The van der Waals surface area contributed by atoms with E-state index in [2.05, 4.69) is 25.7 Å². The number of carbonyl (C=O) groups is 1. The highest BCUT2D eigenvalue weighted by Gasteiger charge is 2.30. The monoisotopic (exact) mass is 312 g/mol. The van der Waals surface area contributed by atoms with E-state index >= 15 is 0 Å². The van der Waals surface area contributed by atoms with Gasteiger partial charge in [0.2, 0.25) is 0 Å². The van der Waals surface area contributed by atoms with E-state index in [4.69, 9.17) is 11.6 Å². The van der Waals surface area contributed by atoms with Crippen molar-refractivity contribution >= 4 is 17.5 Å². The number of halogens is 2. The fraction of sp³-hybridized carbons (Fsp3) is 0.562. The van der Waals surface area contributed by atoms with Crippen molar-refractivity contribution in [1.29, 1.82) is 0 Å². The summed E-state index contributed by atoms with van der Waals surface area (Å²) in [6.45, 7) is 8.68. The van der Waals surface area contributed by atoms with E-state index in [-0.39, 0.29) is 10.9 Å². The summed E-state index contributed by atoms with van der Waals surface area (Å²) < 4.78 is 13.4. The molecule has 2 rings (SSSR count). The van der Waals surface area contributed by atoms with Gasteiger partial charge >= 0.3 is 0 Å². The van der Waals surface area contributed by atoms with E-state index in [0.29, 0.717) is 30.7 Å². The number of hydrogen-bond acceptors (Lipinski definition) is 2. The number of amides is 1. The predicted molar refractivity (Wildman–Crippen MR) is 83.2 cm³/mol. The highest BCUT2D eigenvalue weighted by molar-refractivity contribution is 6.31. The minimum Gasteiger partial charge on any atom is -0.336 e. The van der Waals surface area contributed by atoms with Crippen LogP contribution < -0.4 is 0 Å². The summed E-state index contributed by atoms with van der Waals surface area (Å²) >= 11 is 5.83. The molecule has 3 nitrogen and oxygen atoms in total. The van der Waals surface area contributed by atoms with Gasteiger partial charge in [-0.25, -0.2) is 4.39 Å². The molecule has 1 aliphatic rings. The number of carbonyl (C=O) groups excluding carboxylic acids is 1. The average molecular weight is 313 g/mol. The van der Waals surface area contributed by atoms with E-state index in [1.807, 2.05) is 0 Å². The molecule has 0 radical (unpaired) electrons. The maximum atomic E-state index is 13.4. The lowest BCUT2D eigenvalue weighted by molar-refractivity contribution is 0.0371. The number of nitrogens with zero attached hydrogens (tertiary/aromatic N) is 2. The van der Waals surface area contributed by atoms with Gasteiger partial charge in [0.05, 0.1) is 0 Å². The summed E-state index contributed by atoms with van der Waals surface area (Å²) in [5, 5.41) is 0.256. The average Bonchev–Trinajstić information content (AvgIpc) is 2.44. The highest BCUT2D eigenvalue weighted by Crippen LogP contribution is 2.20. The molecular weight excluding hydrogens is 291 g/mol. The van der Waals surface area contributed by atoms with E-state index in [9.17, 15) is 9.18 Å². The van der Waals surface area contributed by atoms with Crippen molar-refractivity contribution in [3.05, 3.63) is 34.6 Å². The molecule has 0 saturated carbocycles. The summed E-state index contributed by atoms with van der Waals surface area (Å²) in [5.74, 6) is -0.614. The first kappa shape index (κ1) is 16.2. The van der Waals surface area contributed by atoms with Crippen LogP contribution in [-0.2, 0) is 0 Å². The van der Waals surface area contributed by atoms with Crippen molar-refractivity contribution < 1.29 is 9.18 Å². The van der Waals surface area contributed by atoms with Crippen molar-refractivity contribution in [2.24, 2.45) is 0 Å². The van der Waals surface area contributed by atoms with Crippen LogP contribution in [0.25, 0.3) is 0 Å². The first-order valence-corrected chi connectivity index (χ1v) is 7.81. The molecule has 1 fully saturated rings. The fourth-order valence-corrected chi connectivity index (χ4v) is 3.18. The van der Waals surface area contributed by atoms with Gasteiger partial charge in [-0.1, -0.05) is 18.5 Å². The lowest BCUT2D eigenvalue weighted by Crippen LogP contribution is -2.56. The molecule has 5 heteroatoms. The van der Waals surface area contributed by atoms with Crippen molar-refractivity contribution in [3.63, 3.8) is 0 Å². The van der Waals surface area contributed by atoms with Gasteiger partial charge in [-0.3, -0.25) is 9.69 Å². The van der Waals surface area contributed by atoms with E-state index < -0.39 is 5.82 Å². The largest absolute Gasteiger partial charge is 0.336 e. The molecule has 0 N–H and O–H groups in total. The Kier molecular flexibility index (Phi) is 5.22. The third-order valence-corrected chi connectivity index (χ3v) is 4.28. The quantitative estimate of drug-likeness (QED) is 0.854. The zero-order valence-electron chi connectivity index (χ0n) is 12.8. The molecule has 0 unspecified atom stereocenters. The Morgan fingerprint density at radius 1 is 1.38 bits per heavy atom. The lowest BCUT2D eigenvalue weighted by Gasteiger charge is -2.43. The zero-order chi connectivity index (χ0) is 15.6. The Morgan fingerprint density at radius 2 is 2.10 bits per heavy atom. The molecule has 0 spiro atoms. The summed E-state index contributed by atoms with van der Waals surface area (Å²) in [4.78, 5) is 16.7. The molecule has 0 aliphatic carbocycles. The second-order valence-electron chi connectivity index (χ2n) is 5.80. The van der Waals surface area contributed by atoms with Crippen LogP contribution in [0.3, 0.4) is 0 Å². The van der Waals surface area contributed by atoms with Crippen LogP contribution in [-0.4, -0.2) is 47.4 Å². The lowest BCUT2D eigenvalue weighted by atomic mass is 10.1. The standard InChI is InChI=1S/C16H22ClFN2O/c1-4-15-10-19(5-6-20(15)11(2)3)16(21)12-7-13(17)9-14(18)8-12/h7-9,11,15H,4-6,10H2,1-3H3/t15-/m1/s1. The van der Waals surface area contributed by atoms with Crippen molar-refractivity contribution in [2.45, 2.75) is 39.3 Å². The Bertz CT molecular complexity index is 501. The second kappa shape index (κ2) is 6.75. The van der Waals surface area contributed by atoms with Crippen LogP contribution in [0.15, 0.2) is 18.2 Å². The molecule has 1 saturated heterocycles. The topological polar surface area (TPSA) is 23.6 Å². The maximum Gasteiger partial charge on any atom is 0.254 e. The van der Waals surface area contributed by atoms with E-state index in [0.717, 1.165) is 13.0 Å². The van der Waals surface area contributed by atoms with Crippen LogP contribution in [0.4, 0.5) is 4.39 Å². The van der Waals surface area contributed by atoms with Gasteiger partial charge in [-0.2, -0.15) is 0 Å². The van der Waals surface area contributed by atoms with E-state index in [1.165, 1.54) is 18.2 Å². The van der Waals surface area contributed by atoms with Gasteiger partial charge in [0.25, 0.3) is 5.91 Å². The molecule has 1 atom stereocenters. The van der Waals surface area contributed by atoms with Crippen LogP contribution in [0.2, 0.25) is 5.02 Å². The highest BCUT2D eigenvalue weighted by atomic mass is 35.5. The first-order chi connectivity index (χ1) is 9.92. The number of piperazine rings is 1. The van der Waals surface area contributed by atoms with Gasteiger partial charge in [-0.15, -0.1) is 0 Å². The van der Waals surface area contributed by atoms with Gasteiger partial charge in [0.15, 0.2) is 0 Å². The minimum atomic E-state index is -0.473. The summed E-state index contributed by atoms with van der Waals surface area (Å²) in [6, 6.07) is 4.82. The van der Waals surface area contributed by atoms with Crippen LogP contribution >= 0.6 is 11.6 Å². The van der Waals surface area contributed by atoms with E-state index in [1.54, 1.807) is 4.90 Å². The Balaban J connectivity index is 2.14. The Labute approximate surface area is 130 Å². The third-order valence-electron chi connectivity index (χ3n) is 4.06. The minimum absolute atomic E-state index is 0.141. The van der Waals surface area contributed by atoms with Gasteiger partial charge in [0, 0.05) is 42.3 Å². The number of benzene rings is 1. The Morgan fingerprint density at radius 3 is 2.67 bits per heavy atom. The van der Waals surface area contributed by atoms with Gasteiger partial charge in [-0.05, 0) is 38.5 Å². The molecule has 21 heavy (non-hydrogen) atoms. The fourth-order valence-electron chi connectivity index (χ4n) is 2.96. The first-order valence-electron chi connectivity index (χ1n) is 7.43. The maximum absolute atomic E-state index is 13.4. The molecule has 116 valence electrons. The zero-order valence-corrected chi connectivity index (χ0v) is 13.5. The third kappa shape index (κ3) is 3.74. The molecule has 1 heterocycles. The molecule has 1 aliphatic heterocycles. The molecule has 0 aromatic heterocycles. The summed E-state index contributed by atoms with van der Waals surface area (Å²) in [7, 11) is 0. The molecule has 0 bridgehead atoms. The van der Waals surface area contributed by atoms with Crippen LogP contribution in [0, 0.1) is 5.82 Å². The smallest absolute Gasteiger partial charge is 0.254 e. The molecule has 1 aromatic rings. The number of hydrogen-bond donors (Lipinski definition) is 0. The Hall–Kier alpha value is -1.13. The second-order valence-corrected chi connectivity index (χ2v) is 6.24.